The first kappa shape index (κ1) is 21.2. The van der Waals surface area contributed by atoms with E-state index in [1.54, 1.807) is 18.2 Å². The predicted octanol–water partition coefficient (Wildman–Crippen LogP) is 3.79. The van der Waals surface area contributed by atoms with Crippen LogP contribution < -0.4 is 10.6 Å². The first-order chi connectivity index (χ1) is 12.8. The van der Waals surface area contributed by atoms with Crippen molar-refractivity contribution < 1.29 is 9.59 Å². The average molecular weight is 407 g/mol. The maximum Gasteiger partial charge on any atom is 0.253 e. The Balaban J connectivity index is 2.10. The Bertz CT molecular complexity index is 835. The highest BCUT2D eigenvalue weighted by molar-refractivity contribution is 7.98. The topological polar surface area (TPSA) is 84.0 Å². The summed E-state index contributed by atoms with van der Waals surface area (Å²) in [5.41, 5.74) is 3.53. The standard InChI is InChI=1S/C19H23ClN4O2S/c1-5-21-18(26)15-10-13(20)6-8-16(15)24-17(25)9-7-14-11(2)22-19(27-4)23-12(14)3/h6,8,10H,5,7,9H2,1-4H3,(H,21,26)(H,24,25). The molecule has 0 atom stereocenters. The Morgan fingerprint density at radius 2 is 1.85 bits per heavy atom. The smallest absolute Gasteiger partial charge is 0.253 e. The van der Waals surface area contributed by atoms with Crippen LogP contribution in [-0.4, -0.2) is 34.6 Å². The number of hydrogen-bond acceptors (Lipinski definition) is 5. The van der Waals surface area contributed by atoms with E-state index in [2.05, 4.69) is 20.6 Å². The summed E-state index contributed by atoms with van der Waals surface area (Å²) in [4.78, 5) is 33.5. The lowest BCUT2D eigenvalue weighted by Gasteiger charge is -2.13. The molecular formula is C19H23ClN4O2S. The second-order valence-electron chi connectivity index (χ2n) is 5.96. The number of halogens is 1. The molecular weight excluding hydrogens is 384 g/mol. The van der Waals surface area contributed by atoms with Crippen molar-refractivity contribution in [2.24, 2.45) is 0 Å². The molecule has 8 heteroatoms. The molecule has 0 fully saturated rings. The predicted molar refractivity (Wildman–Crippen MR) is 110 cm³/mol. The third-order valence-corrected chi connectivity index (χ3v) is 4.81. The summed E-state index contributed by atoms with van der Waals surface area (Å²) in [6.07, 6.45) is 2.73. The van der Waals surface area contributed by atoms with Gasteiger partial charge in [0, 0.05) is 29.4 Å². The van der Waals surface area contributed by atoms with E-state index in [9.17, 15) is 9.59 Å². The third-order valence-electron chi connectivity index (χ3n) is 4.02. The summed E-state index contributed by atoms with van der Waals surface area (Å²) in [7, 11) is 0. The van der Waals surface area contributed by atoms with Crippen molar-refractivity contribution in [1.82, 2.24) is 15.3 Å². The highest BCUT2D eigenvalue weighted by Gasteiger charge is 2.15. The van der Waals surface area contributed by atoms with Gasteiger partial charge in [0.1, 0.15) is 0 Å². The van der Waals surface area contributed by atoms with Crippen molar-refractivity contribution in [3.05, 3.63) is 45.7 Å². The maximum atomic E-state index is 12.4. The first-order valence-corrected chi connectivity index (χ1v) is 10.2. The first-order valence-electron chi connectivity index (χ1n) is 8.61. The molecule has 144 valence electrons. The van der Waals surface area contributed by atoms with Crippen molar-refractivity contribution in [2.45, 2.75) is 38.8 Å². The van der Waals surface area contributed by atoms with Gasteiger partial charge in [0.15, 0.2) is 5.16 Å². The van der Waals surface area contributed by atoms with E-state index in [-0.39, 0.29) is 18.2 Å². The molecule has 2 N–H and O–H groups in total. The van der Waals surface area contributed by atoms with Gasteiger partial charge in [-0.25, -0.2) is 9.97 Å². The van der Waals surface area contributed by atoms with Crippen molar-refractivity contribution in [1.29, 1.82) is 0 Å². The Labute approximate surface area is 168 Å². The fourth-order valence-corrected chi connectivity index (χ4v) is 3.31. The molecule has 27 heavy (non-hydrogen) atoms. The Kier molecular flexibility index (Phi) is 7.62. The summed E-state index contributed by atoms with van der Waals surface area (Å²) in [6, 6.07) is 4.83. The van der Waals surface area contributed by atoms with Gasteiger partial charge in [0.2, 0.25) is 5.91 Å². The average Bonchev–Trinajstić information content (AvgIpc) is 2.62. The van der Waals surface area contributed by atoms with Gasteiger partial charge in [0.25, 0.3) is 5.91 Å². The number of benzene rings is 1. The lowest BCUT2D eigenvalue weighted by atomic mass is 10.1. The van der Waals surface area contributed by atoms with Gasteiger partial charge in [-0.1, -0.05) is 23.4 Å². The molecule has 6 nitrogen and oxygen atoms in total. The van der Waals surface area contributed by atoms with Gasteiger partial charge in [-0.3, -0.25) is 9.59 Å². The molecule has 0 unspecified atom stereocenters. The summed E-state index contributed by atoms with van der Waals surface area (Å²) in [5, 5.41) is 6.69. The van der Waals surface area contributed by atoms with E-state index < -0.39 is 0 Å². The molecule has 0 aliphatic heterocycles. The molecule has 0 spiro atoms. The molecule has 2 aromatic rings. The summed E-state index contributed by atoms with van der Waals surface area (Å²) < 4.78 is 0. The second-order valence-corrected chi connectivity index (χ2v) is 7.17. The molecule has 1 aromatic carbocycles. The summed E-state index contributed by atoms with van der Waals surface area (Å²) in [5.74, 6) is -0.460. The SMILES string of the molecule is CCNC(=O)c1cc(Cl)ccc1NC(=O)CCc1c(C)nc(SC)nc1C. The van der Waals surface area contributed by atoms with Crippen LogP contribution in [0.25, 0.3) is 0 Å². The highest BCUT2D eigenvalue weighted by Crippen LogP contribution is 2.22. The van der Waals surface area contributed by atoms with E-state index >= 15 is 0 Å². The lowest BCUT2D eigenvalue weighted by Crippen LogP contribution is -2.25. The zero-order valence-electron chi connectivity index (χ0n) is 15.9. The van der Waals surface area contributed by atoms with Crippen molar-refractivity contribution in [3.63, 3.8) is 0 Å². The molecule has 0 aliphatic carbocycles. The van der Waals surface area contributed by atoms with E-state index in [0.29, 0.717) is 29.2 Å². The number of carbonyl (C=O) groups excluding carboxylic acids is 2. The monoisotopic (exact) mass is 406 g/mol. The van der Waals surface area contributed by atoms with E-state index in [0.717, 1.165) is 22.1 Å². The number of amides is 2. The van der Waals surface area contributed by atoms with Gasteiger partial charge < -0.3 is 10.6 Å². The Hall–Kier alpha value is -2.12. The zero-order valence-corrected chi connectivity index (χ0v) is 17.4. The van der Waals surface area contributed by atoms with Crippen LogP contribution in [0.15, 0.2) is 23.4 Å². The number of anilines is 1. The van der Waals surface area contributed by atoms with Crippen molar-refractivity contribution >= 4 is 40.9 Å². The number of hydrogen-bond donors (Lipinski definition) is 2. The Morgan fingerprint density at radius 1 is 1.19 bits per heavy atom. The molecule has 2 rings (SSSR count). The normalized spacial score (nSPS) is 10.6. The lowest BCUT2D eigenvalue weighted by molar-refractivity contribution is -0.116. The number of carbonyl (C=O) groups is 2. The molecule has 2 amide bonds. The van der Waals surface area contributed by atoms with Gasteiger partial charge in [-0.05, 0) is 57.2 Å². The maximum absolute atomic E-state index is 12.4. The molecule has 1 aromatic heterocycles. The zero-order chi connectivity index (χ0) is 20.0. The minimum atomic E-state index is -0.275. The van der Waals surface area contributed by atoms with Crippen LogP contribution in [0.5, 0.6) is 0 Å². The van der Waals surface area contributed by atoms with Gasteiger partial charge in [-0.2, -0.15) is 0 Å². The summed E-state index contributed by atoms with van der Waals surface area (Å²) in [6.45, 7) is 6.17. The fourth-order valence-electron chi connectivity index (χ4n) is 2.68. The van der Waals surface area contributed by atoms with Crippen LogP contribution in [0, 0.1) is 13.8 Å². The van der Waals surface area contributed by atoms with E-state index in [4.69, 9.17) is 11.6 Å². The second kappa shape index (κ2) is 9.71. The summed E-state index contributed by atoms with van der Waals surface area (Å²) >= 11 is 7.48. The van der Waals surface area contributed by atoms with Crippen molar-refractivity contribution in [3.8, 4) is 0 Å². The van der Waals surface area contributed by atoms with Gasteiger partial charge in [0.05, 0.1) is 11.3 Å². The molecule has 0 radical (unpaired) electrons. The van der Waals surface area contributed by atoms with Crippen molar-refractivity contribution in [2.75, 3.05) is 18.1 Å². The highest BCUT2D eigenvalue weighted by atomic mass is 35.5. The van der Waals surface area contributed by atoms with Crippen LogP contribution >= 0.6 is 23.4 Å². The minimum absolute atomic E-state index is 0.185. The Morgan fingerprint density at radius 3 is 2.44 bits per heavy atom. The largest absolute Gasteiger partial charge is 0.352 e. The number of nitrogens with zero attached hydrogens (tertiary/aromatic N) is 2. The molecule has 0 bridgehead atoms. The van der Waals surface area contributed by atoms with Gasteiger partial charge in [-0.15, -0.1) is 0 Å². The van der Waals surface area contributed by atoms with Crippen LogP contribution in [-0.2, 0) is 11.2 Å². The minimum Gasteiger partial charge on any atom is -0.352 e. The molecule has 1 heterocycles. The molecule has 0 aliphatic rings. The quantitative estimate of drug-likeness (QED) is 0.539. The number of rotatable bonds is 7. The molecule has 0 saturated carbocycles. The van der Waals surface area contributed by atoms with Crippen LogP contribution in [0.2, 0.25) is 5.02 Å². The van der Waals surface area contributed by atoms with E-state index in [1.807, 2.05) is 27.0 Å². The number of aryl methyl sites for hydroxylation is 2. The van der Waals surface area contributed by atoms with Crippen LogP contribution in [0.1, 0.15) is 40.7 Å². The third kappa shape index (κ3) is 5.68. The number of nitrogens with one attached hydrogen (secondary N) is 2. The van der Waals surface area contributed by atoms with E-state index in [1.165, 1.54) is 11.8 Å². The van der Waals surface area contributed by atoms with Crippen LogP contribution in [0.3, 0.4) is 0 Å². The fraction of sp³-hybridized carbons (Fsp3) is 0.368. The number of aromatic nitrogens is 2. The van der Waals surface area contributed by atoms with Gasteiger partial charge >= 0.3 is 0 Å². The molecule has 0 saturated heterocycles. The van der Waals surface area contributed by atoms with Crippen LogP contribution in [0.4, 0.5) is 5.69 Å². The number of thioether (sulfide) groups is 1.